The van der Waals surface area contributed by atoms with Crippen LogP contribution in [0.4, 0.5) is 5.69 Å². The Balaban J connectivity index is 2.24. The second kappa shape index (κ2) is 8.98. The minimum absolute atomic E-state index is 0.821. The molecule has 1 N–H and O–H groups in total. The summed E-state index contributed by atoms with van der Waals surface area (Å²) in [6, 6.07) is 8.82. The number of nitrogens with zero attached hydrogens (tertiary/aromatic N) is 1. The molecule has 0 atom stereocenters. The van der Waals surface area contributed by atoms with Gasteiger partial charge in [-0.1, -0.05) is 31.5 Å². The number of anilines is 1. The minimum Gasteiger partial charge on any atom is -0.371 e. The number of rotatable bonds is 9. The number of hydrogen-bond donors (Lipinski definition) is 1. The molecule has 0 spiro atoms. The van der Waals surface area contributed by atoms with Crippen LogP contribution in [0.5, 0.6) is 0 Å². The summed E-state index contributed by atoms with van der Waals surface area (Å²) in [5.41, 5.74) is 2.66. The van der Waals surface area contributed by atoms with Crippen molar-refractivity contribution in [3.8, 4) is 0 Å². The van der Waals surface area contributed by atoms with Crippen molar-refractivity contribution in [2.24, 2.45) is 5.92 Å². The average Bonchev–Trinajstić information content (AvgIpc) is 2.39. The molecule has 0 aliphatic rings. The Morgan fingerprint density at radius 3 is 2.37 bits per heavy atom. The van der Waals surface area contributed by atoms with Crippen LogP contribution in [0, 0.1) is 12.8 Å². The maximum atomic E-state index is 3.55. The van der Waals surface area contributed by atoms with Crippen molar-refractivity contribution in [2.45, 2.75) is 40.5 Å². The number of hydrogen-bond acceptors (Lipinski definition) is 2. The van der Waals surface area contributed by atoms with Crippen LogP contribution < -0.4 is 10.2 Å². The van der Waals surface area contributed by atoms with Gasteiger partial charge in [-0.05, 0) is 51.3 Å². The first-order valence-corrected chi connectivity index (χ1v) is 7.65. The molecular weight excluding hydrogens is 232 g/mol. The molecule has 2 nitrogen and oxygen atoms in total. The minimum atomic E-state index is 0.821. The summed E-state index contributed by atoms with van der Waals surface area (Å²) in [5, 5.41) is 3.55. The fourth-order valence-corrected chi connectivity index (χ4v) is 2.20. The van der Waals surface area contributed by atoms with Gasteiger partial charge in [0.15, 0.2) is 0 Å². The number of aryl methyl sites for hydroxylation is 1. The van der Waals surface area contributed by atoms with Crippen LogP contribution in [0.25, 0.3) is 0 Å². The van der Waals surface area contributed by atoms with Gasteiger partial charge >= 0.3 is 0 Å². The van der Waals surface area contributed by atoms with E-state index in [1.165, 1.54) is 24.1 Å². The van der Waals surface area contributed by atoms with E-state index in [-0.39, 0.29) is 0 Å². The molecule has 108 valence electrons. The fourth-order valence-electron chi connectivity index (χ4n) is 2.20. The van der Waals surface area contributed by atoms with Crippen molar-refractivity contribution >= 4 is 5.69 Å². The van der Waals surface area contributed by atoms with Gasteiger partial charge < -0.3 is 10.2 Å². The molecule has 2 heteroatoms. The molecule has 1 rings (SSSR count). The smallest absolute Gasteiger partial charge is 0.0366 e. The Morgan fingerprint density at radius 2 is 1.79 bits per heavy atom. The molecule has 0 aromatic heterocycles. The fraction of sp³-hybridized carbons (Fsp3) is 0.647. The number of likely N-dealkylation sites (N-methyl/N-ethyl adjacent to an activating group) is 1. The molecule has 19 heavy (non-hydrogen) atoms. The zero-order valence-electron chi connectivity index (χ0n) is 13.1. The Hall–Kier alpha value is -1.02. The molecule has 0 radical (unpaired) electrons. The van der Waals surface area contributed by atoms with Gasteiger partial charge in [0.05, 0.1) is 0 Å². The van der Waals surface area contributed by atoms with E-state index < -0.39 is 0 Å². The average molecular weight is 262 g/mol. The maximum absolute atomic E-state index is 3.55. The molecule has 0 fully saturated rings. The van der Waals surface area contributed by atoms with Gasteiger partial charge in [-0.15, -0.1) is 0 Å². The lowest BCUT2D eigenvalue weighted by Gasteiger charge is -2.23. The van der Waals surface area contributed by atoms with E-state index >= 15 is 0 Å². The van der Waals surface area contributed by atoms with E-state index in [0.29, 0.717) is 0 Å². The lowest BCUT2D eigenvalue weighted by Crippen LogP contribution is -2.32. The highest BCUT2D eigenvalue weighted by Crippen LogP contribution is 2.14. The second-order valence-corrected chi connectivity index (χ2v) is 5.70. The Bertz CT molecular complexity index is 330. The molecule has 0 amide bonds. The molecular formula is C17H30N2. The molecule has 1 aromatic rings. The first kappa shape index (κ1) is 16.0. The number of nitrogens with one attached hydrogen (secondary N) is 1. The summed E-state index contributed by atoms with van der Waals surface area (Å²) in [5.74, 6) is 0.821. The number of benzene rings is 1. The van der Waals surface area contributed by atoms with E-state index in [4.69, 9.17) is 0 Å². The van der Waals surface area contributed by atoms with Crippen LogP contribution in [-0.2, 0) is 0 Å². The first-order chi connectivity index (χ1) is 9.13. The van der Waals surface area contributed by atoms with Crippen LogP contribution in [0.3, 0.4) is 0 Å². The Labute approximate surface area is 119 Å². The normalized spacial score (nSPS) is 11.0. The van der Waals surface area contributed by atoms with E-state index in [1.54, 1.807) is 0 Å². The van der Waals surface area contributed by atoms with Gasteiger partial charge in [0.1, 0.15) is 0 Å². The Kier molecular flexibility index (Phi) is 7.57. The second-order valence-electron chi connectivity index (χ2n) is 5.70. The zero-order chi connectivity index (χ0) is 14.1. The summed E-state index contributed by atoms with van der Waals surface area (Å²) in [6.07, 6.45) is 2.61. The maximum Gasteiger partial charge on any atom is 0.0366 e. The summed E-state index contributed by atoms with van der Waals surface area (Å²) in [7, 11) is 0. The molecule has 0 unspecified atom stereocenters. The van der Waals surface area contributed by atoms with Crippen molar-refractivity contribution in [1.82, 2.24) is 5.32 Å². The van der Waals surface area contributed by atoms with Crippen molar-refractivity contribution < 1.29 is 0 Å². The van der Waals surface area contributed by atoms with Gasteiger partial charge in [-0.2, -0.15) is 0 Å². The highest BCUT2D eigenvalue weighted by atomic mass is 15.1. The van der Waals surface area contributed by atoms with Crippen LogP contribution in [0.1, 0.15) is 39.2 Å². The lowest BCUT2D eigenvalue weighted by molar-refractivity contribution is 0.528. The topological polar surface area (TPSA) is 15.3 Å². The van der Waals surface area contributed by atoms with Crippen molar-refractivity contribution in [3.05, 3.63) is 29.8 Å². The van der Waals surface area contributed by atoms with Gasteiger partial charge in [-0.3, -0.25) is 0 Å². The summed E-state index contributed by atoms with van der Waals surface area (Å²) in [4.78, 5) is 2.43. The molecule has 0 bridgehead atoms. The van der Waals surface area contributed by atoms with Gasteiger partial charge in [0.2, 0.25) is 0 Å². The van der Waals surface area contributed by atoms with Crippen LogP contribution in [-0.4, -0.2) is 26.2 Å². The Morgan fingerprint density at radius 1 is 1.11 bits per heavy atom. The predicted octanol–water partition coefficient (Wildman–Crippen LogP) is 3.85. The molecule has 0 saturated carbocycles. The summed E-state index contributed by atoms with van der Waals surface area (Å²) < 4.78 is 0. The quantitative estimate of drug-likeness (QED) is 0.680. The van der Waals surface area contributed by atoms with Crippen molar-refractivity contribution in [1.29, 1.82) is 0 Å². The van der Waals surface area contributed by atoms with Gasteiger partial charge in [0, 0.05) is 25.3 Å². The van der Waals surface area contributed by atoms with Gasteiger partial charge in [-0.25, -0.2) is 0 Å². The third kappa shape index (κ3) is 6.63. The van der Waals surface area contributed by atoms with E-state index in [2.05, 4.69) is 62.2 Å². The van der Waals surface area contributed by atoms with Crippen LogP contribution in [0.2, 0.25) is 0 Å². The summed E-state index contributed by atoms with van der Waals surface area (Å²) in [6.45, 7) is 13.3. The molecule has 0 heterocycles. The SMILES string of the molecule is CCN(CCNCCCC(C)C)c1ccc(C)cc1. The zero-order valence-corrected chi connectivity index (χ0v) is 13.1. The van der Waals surface area contributed by atoms with E-state index in [9.17, 15) is 0 Å². The van der Waals surface area contributed by atoms with E-state index in [0.717, 1.165) is 32.1 Å². The third-order valence-electron chi connectivity index (χ3n) is 3.47. The largest absolute Gasteiger partial charge is 0.371 e. The molecule has 1 aromatic carbocycles. The highest BCUT2D eigenvalue weighted by Gasteiger charge is 2.03. The predicted molar refractivity (Wildman–Crippen MR) is 86.0 cm³/mol. The van der Waals surface area contributed by atoms with Crippen molar-refractivity contribution in [2.75, 3.05) is 31.1 Å². The van der Waals surface area contributed by atoms with E-state index in [1.807, 2.05) is 0 Å². The standard InChI is InChI=1S/C17H30N2/c1-5-19(17-10-8-16(4)9-11-17)14-13-18-12-6-7-15(2)3/h8-11,15,18H,5-7,12-14H2,1-4H3. The first-order valence-electron chi connectivity index (χ1n) is 7.65. The highest BCUT2D eigenvalue weighted by molar-refractivity contribution is 5.47. The molecule has 0 aliphatic heterocycles. The van der Waals surface area contributed by atoms with Crippen molar-refractivity contribution in [3.63, 3.8) is 0 Å². The van der Waals surface area contributed by atoms with Crippen LogP contribution >= 0.6 is 0 Å². The monoisotopic (exact) mass is 262 g/mol. The lowest BCUT2D eigenvalue weighted by atomic mass is 10.1. The summed E-state index contributed by atoms with van der Waals surface area (Å²) >= 11 is 0. The van der Waals surface area contributed by atoms with Gasteiger partial charge in [0.25, 0.3) is 0 Å². The third-order valence-corrected chi connectivity index (χ3v) is 3.47. The molecule has 0 saturated heterocycles. The molecule has 0 aliphatic carbocycles. The van der Waals surface area contributed by atoms with Crippen LogP contribution in [0.15, 0.2) is 24.3 Å².